The molecule has 0 saturated carbocycles. The lowest BCUT2D eigenvalue weighted by Crippen LogP contribution is -2.38. The number of rotatable bonds is 4. The van der Waals surface area contributed by atoms with E-state index in [2.05, 4.69) is 40.4 Å². The van der Waals surface area contributed by atoms with E-state index < -0.39 is 0 Å². The molecule has 0 aliphatic carbocycles. The van der Waals surface area contributed by atoms with Crippen molar-refractivity contribution in [2.45, 2.75) is 23.7 Å². The Bertz CT molecular complexity index is 854. The van der Waals surface area contributed by atoms with Crippen LogP contribution in [0.4, 0.5) is 0 Å². The van der Waals surface area contributed by atoms with Crippen molar-refractivity contribution in [3.05, 3.63) is 60.6 Å². The number of carbonyl (C=O) groups excluding carboxylic acids is 1. The fraction of sp³-hybridized carbons (Fsp3) is 0.300. The highest BCUT2D eigenvalue weighted by Gasteiger charge is 2.25. The van der Waals surface area contributed by atoms with Crippen molar-refractivity contribution in [3.8, 4) is 0 Å². The Balaban J connectivity index is 1.34. The largest absolute Gasteiger partial charge is 0.361 e. The molecule has 5 heteroatoms. The number of pyridine rings is 1. The Hall–Kier alpha value is -2.27. The first-order valence-corrected chi connectivity index (χ1v) is 9.66. The van der Waals surface area contributed by atoms with E-state index in [9.17, 15) is 4.79 Å². The van der Waals surface area contributed by atoms with Crippen molar-refractivity contribution in [3.63, 3.8) is 0 Å². The van der Waals surface area contributed by atoms with Gasteiger partial charge in [0.15, 0.2) is 0 Å². The van der Waals surface area contributed by atoms with Gasteiger partial charge in [0.2, 0.25) is 5.91 Å². The molecule has 0 spiro atoms. The average Bonchev–Trinajstić information content (AvgIpc) is 3.11. The summed E-state index contributed by atoms with van der Waals surface area (Å²) in [7, 11) is 0. The number of benzene rings is 1. The quantitative estimate of drug-likeness (QED) is 0.721. The van der Waals surface area contributed by atoms with E-state index in [1.807, 2.05) is 17.0 Å². The minimum atomic E-state index is 0.235. The molecule has 128 valence electrons. The lowest BCUT2D eigenvalue weighted by molar-refractivity contribution is -0.129. The molecule has 4 nitrogen and oxygen atoms in total. The molecule has 1 saturated heterocycles. The molecule has 0 unspecified atom stereocenters. The number of likely N-dealkylation sites (tertiary alicyclic amines) is 1. The Morgan fingerprint density at radius 3 is 2.72 bits per heavy atom. The van der Waals surface area contributed by atoms with Crippen LogP contribution in [-0.2, 0) is 4.79 Å². The van der Waals surface area contributed by atoms with E-state index >= 15 is 0 Å². The number of aromatic amines is 1. The zero-order valence-electron chi connectivity index (χ0n) is 14.0. The van der Waals surface area contributed by atoms with Crippen LogP contribution in [0.5, 0.6) is 0 Å². The number of para-hydroxylation sites is 1. The molecule has 0 bridgehead atoms. The summed E-state index contributed by atoms with van der Waals surface area (Å²) in [6.45, 7) is 1.69. The fourth-order valence-electron chi connectivity index (χ4n) is 3.54. The monoisotopic (exact) mass is 351 g/mol. The maximum absolute atomic E-state index is 12.5. The third-order valence-corrected chi connectivity index (χ3v) is 5.92. The topological polar surface area (TPSA) is 49.0 Å². The van der Waals surface area contributed by atoms with Gasteiger partial charge in [0.1, 0.15) is 0 Å². The Morgan fingerprint density at radius 1 is 1.16 bits per heavy atom. The lowest BCUT2D eigenvalue weighted by atomic mass is 9.89. The number of fused-ring (bicyclic) bond motifs is 1. The first-order chi connectivity index (χ1) is 12.3. The van der Waals surface area contributed by atoms with Crippen LogP contribution in [0.2, 0.25) is 0 Å². The average molecular weight is 351 g/mol. The van der Waals surface area contributed by atoms with Crippen molar-refractivity contribution in [1.82, 2.24) is 14.9 Å². The van der Waals surface area contributed by atoms with Crippen LogP contribution in [0.25, 0.3) is 10.9 Å². The number of hydrogen-bond acceptors (Lipinski definition) is 3. The van der Waals surface area contributed by atoms with E-state index in [0.717, 1.165) is 30.8 Å². The van der Waals surface area contributed by atoms with Crippen molar-refractivity contribution in [2.24, 2.45) is 0 Å². The van der Waals surface area contributed by atoms with Crippen molar-refractivity contribution in [2.75, 3.05) is 18.8 Å². The third-order valence-electron chi connectivity index (χ3n) is 4.92. The Kier molecular flexibility index (Phi) is 4.74. The molecule has 1 aliphatic rings. The molecule has 1 aliphatic heterocycles. The van der Waals surface area contributed by atoms with Crippen LogP contribution in [-0.4, -0.2) is 39.6 Å². The molecule has 2 aromatic heterocycles. The summed E-state index contributed by atoms with van der Waals surface area (Å²) in [6.07, 6.45) is 7.74. The molecule has 1 N–H and O–H groups in total. The highest BCUT2D eigenvalue weighted by Crippen LogP contribution is 2.33. The van der Waals surface area contributed by atoms with Gasteiger partial charge in [0.05, 0.1) is 5.75 Å². The fourth-order valence-corrected chi connectivity index (χ4v) is 4.33. The van der Waals surface area contributed by atoms with Gasteiger partial charge in [0.25, 0.3) is 0 Å². The van der Waals surface area contributed by atoms with Gasteiger partial charge in [-0.3, -0.25) is 9.78 Å². The zero-order valence-corrected chi connectivity index (χ0v) is 14.8. The van der Waals surface area contributed by atoms with E-state index in [4.69, 9.17) is 0 Å². The number of nitrogens with one attached hydrogen (secondary N) is 1. The number of aromatic nitrogens is 2. The number of carbonyl (C=O) groups is 1. The number of piperidine rings is 1. The van der Waals surface area contributed by atoms with E-state index in [-0.39, 0.29) is 5.91 Å². The molecule has 1 fully saturated rings. The SMILES string of the molecule is O=C(CSc1ccncc1)N1CCC(c2c[nH]c3ccccc23)CC1. The van der Waals surface area contributed by atoms with Gasteiger partial charge < -0.3 is 9.88 Å². The van der Waals surface area contributed by atoms with Crippen LogP contribution < -0.4 is 0 Å². The summed E-state index contributed by atoms with van der Waals surface area (Å²) >= 11 is 1.59. The standard InChI is InChI=1S/C20H21N3OS/c24-20(14-25-16-5-9-21-10-6-16)23-11-7-15(8-12-23)18-13-22-19-4-2-1-3-17(18)19/h1-6,9-10,13,15,22H,7-8,11-12,14H2. The molecule has 4 rings (SSSR count). The second-order valence-electron chi connectivity index (χ2n) is 6.42. The maximum Gasteiger partial charge on any atom is 0.232 e. The van der Waals surface area contributed by atoms with E-state index in [1.54, 1.807) is 24.2 Å². The maximum atomic E-state index is 12.5. The summed E-state index contributed by atoms with van der Waals surface area (Å²) in [6, 6.07) is 12.3. The summed E-state index contributed by atoms with van der Waals surface area (Å²) in [5.74, 6) is 1.27. The Labute approximate surface area is 151 Å². The molecular formula is C20H21N3OS. The number of thioether (sulfide) groups is 1. The van der Waals surface area contributed by atoms with Gasteiger partial charge in [-0.05, 0) is 42.5 Å². The minimum absolute atomic E-state index is 0.235. The van der Waals surface area contributed by atoms with Gasteiger partial charge in [0, 0.05) is 47.5 Å². The first kappa shape index (κ1) is 16.2. The molecule has 3 heterocycles. The van der Waals surface area contributed by atoms with Crippen LogP contribution in [0.15, 0.2) is 59.9 Å². The lowest BCUT2D eigenvalue weighted by Gasteiger charge is -2.32. The summed E-state index contributed by atoms with van der Waals surface area (Å²) in [5.41, 5.74) is 2.60. The molecule has 25 heavy (non-hydrogen) atoms. The van der Waals surface area contributed by atoms with Gasteiger partial charge in [-0.15, -0.1) is 11.8 Å². The van der Waals surface area contributed by atoms with Gasteiger partial charge in [-0.2, -0.15) is 0 Å². The minimum Gasteiger partial charge on any atom is -0.361 e. The second-order valence-corrected chi connectivity index (χ2v) is 7.47. The van der Waals surface area contributed by atoms with E-state index in [1.165, 1.54) is 16.5 Å². The Morgan fingerprint density at radius 2 is 1.92 bits per heavy atom. The molecule has 1 amide bonds. The van der Waals surface area contributed by atoms with Crippen molar-refractivity contribution in [1.29, 1.82) is 0 Å². The zero-order chi connectivity index (χ0) is 17.1. The third kappa shape index (κ3) is 3.56. The second kappa shape index (κ2) is 7.31. The number of amides is 1. The smallest absolute Gasteiger partial charge is 0.232 e. The van der Waals surface area contributed by atoms with Gasteiger partial charge >= 0.3 is 0 Å². The predicted molar refractivity (Wildman–Crippen MR) is 102 cm³/mol. The van der Waals surface area contributed by atoms with Crippen LogP contribution >= 0.6 is 11.8 Å². The number of nitrogens with zero attached hydrogens (tertiary/aromatic N) is 2. The highest BCUT2D eigenvalue weighted by molar-refractivity contribution is 8.00. The summed E-state index contributed by atoms with van der Waals surface area (Å²) in [4.78, 5) is 22.9. The van der Waals surface area contributed by atoms with Gasteiger partial charge in [-0.25, -0.2) is 0 Å². The predicted octanol–water partition coefficient (Wildman–Crippen LogP) is 4.06. The van der Waals surface area contributed by atoms with Crippen molar-refractivity contribution < 1.29 is 4.79 Å². The van der Waals surface area contributed by atoms with Gasteiger partial charge in [-0.1, -0.05) is 18.2 Å². The molecule has 0 radical (unpaired) electrons. The number of hydrogen-bond donors (Lipinski definition) is 1. The van der Waals surface area contributed by atoms with E-state index in [0.29, 0.717) is 11.7 Å². The highest BCUT2D eigenvalue weighted by atomic mass is 32.2. The first-order valence-electron chi connectivity index (χ1n) is 8.68. The van der Waals surface area contributed by atoms with Crippen LogP contribution in [0.1, 0.15) is 24.3 Å². The molecule has 0 atom stereocenters. The normalized spacial score (nSPS) is 15.6. The summed E-state index contributed by atoms with van der Waals surface area (Å²) in [5, 5.41) is 1.32. The molecule has 1 aromatic carbocycles. The van der Waals surface area contributed by atoms with Crippen LogP contribution in [0.3, 0.4) is 0 Å². The molecular weight excluding hydrogens is 330 g/mol. The van der Waals surface area contributed by atoms with Crippen LogP contribution in [0, 0.1) is 0 Å². The summed E-state index contributed by atoms with van der Waals surface area (Å²) < 4.78 is 0. The number of H-pyrrole nitrogens is 1. The van der Waals surface area contributed by atoms with Crippen molar-refractivity contribution >= 4 is 28.6 Å². The molecule has 3 aromatic rings.